The van der Waals surface area contributed by atoms with Crippen molar-refractivity contribution in [2.75, 3.05) is 20.1 Å². The Labute approximate surface area is 123 Å². The quantitative estimate of drug-likeness (QED) is 0.830. The molecule has 1 aliphatic heterocycles. The predicted molar refractivity (Wildman–Crippen MR) is 83.9 cm³/mol. The van der Waals surface area contributed by atoms with Gasteiger partial charge in [0.1, 0.15) is 0 Å². The van der Waals surface area contributed by atoms with Crippen LogP contribution in [0.5, 0.6) is 0 Å². The first kappa shape index (κ1) is 15.5. The molecule has 1 aromatic rings. The van der Waals surface area contributed by atoms with Gasteiger partial charge in [0.2, 0.25) is 0 Å². The summed E-state index contributed by atoms with van der Waals surface area (Å²) in [6.07, 6.45) is 10.3. The summed E-state index contributed by atoms with van der Waals surface area (Å²) in [6, 6.07) is 0.533. The fourth-order valence-electron chi connectivity index (χ4n) is 3.60. The molecule has 1 aliphatic rings. The summed E-state index contributed by atoms with van der Waals surface area (Å²) in [5.41, 5.74) is 1.61. The molecule has 2 atom stereocenters. The van der Waals surface area contributed by atoms with Crippen molar-refractivity contribution in [2.45, 2.75) is 57.5 Å². The number of aromatic nitrogens is 2. The number of hydrogen-bond donors (Lipinski definition) is 1. The SMILES string of the molecule is CCC(C)(C(CCc1cnn(C)c1)NC)N1CCCC1. The highest BCUT2D eigenvalue weighted by atomic mass is 15.2. The van der Waals surface area contributed by atoms with E-state index in [2.05, 4.69) is 42.4 Å². The number of nitrogens with zero attached hydrogens (tertiary/aromatic N) is 3. The molecule has 114 valence electrons. The van der Waals surface area contributed by atoms with Crippen LogP contribution in [-0.4, -0.2) is 46.4 Å². The Morgan fingerprint density at radius 3 is 2.60 bits per heavy atom. The average Bonchev–Trinajstić information content (AvgIpc) is 3.10. The van der Waals surface area contributed by atoms with Crippen molar-refractivity contribution in [3.63, 3.8) is 0 Å². The van der Waals surface area contributed by atoms with Crippen LogP contribution >= 0.6 is 0 Å². The largest absolute Gasteiger partial charge is 0.315 e. The lowest BCUT2D eigenvalue weighted by molar-refractivity contribution is 0.0837. The Hall–Kier alpha value is -0.870. The van der Waals surface area contributed by atoms with Gasteiger partial charge in [-0.25, -0.2) is 0 Å². The normalized spacial score (nSPS) is 21.0. The first-order valence-electron chi connectivity index (χ1n) is 8.00. The van der Waals surface area contributed by atoms with Crippen molar-refractivity contribution in [1.82, 2.24) is 20.0 Å². The summed E-state index contributed by atoms with van der Waals surface area (Å²) < 4.78 is 1.89. The minimum absolute atomic E-state index is 0.271. The molecule has 4 heteroatoms. The molecule has 1 fully saturated rings. The van der Waals surface area contributed by atoms with E-state index in [1.54, 1.807) is 0 Å². The van der Waals surface area contributed by atoms with Crippen LogP contribution in [0.15, 0.2) is 12.4 Å². The monoisotopic (exact) mass is 278 g/mol. The average molecular weight is 278 g/mol. The molecular weight excluding hydrogens is 248 g/mol. The second-order valence-electron chi connectivity index (χ2n) is 6.31. The van der Waals surface area contributed by atoms with E-state index in [1.165, 1.54) is 44.3 Å². The summed E-state index contributed by atoms with van der Waals surface area (Å²) in [7, 11) is 4.09. The van der Waals surface area contributed by atoms with Crippen LogP contribution in [0.2, 0.25) is 0 Å². The molecule has 0 radical (unpaired) electrons. The molecule has 0 amide bonds. The van der Waals surface area contributed by atoms with E-state index >= 15 is 0 Å². The zero-order valence-electron chi connectivity index (χ0n) is 13.5. The second-order valence-corrected chi connectivity index (χ2v) is 6.31. The van der Waals surface area contributed by atoms with Gasteiger partial charge in [0.05, 0.1) is 6.20 Å². The van der Waals surface area contributed by atoms with Gasteiger partial charge >= 0.3 is 0 Å². The summed E-state index contributed by atoms with van der Waals surface area (Å²) >= 11 is 0. The number of likely N-dealkylation sites (tertiary alicyclic amines) is 1. The molecule has 0 saturated carbocycles. The van der Waals surface area contributed by atoms with Crippen molar-refractivity contribution >= 4 is 0 Å². The Balaban J connectivity index is 2.01. The van der Waals surface area contributed by atoms with Gasteiger partial charge in [-0.15, -0.1) is 0 Å². The van der Waals surface area contributed by atoms with E-state index in [4.69, 9.17) is 0 Å². The molecule has 0 spiro atoms. The van der Waals surface area contributed by atoms with Crippen molar-refractivity contribution < 1.29 is 0 Å². The maximum Gasteiger partial charge on any atom is 0.0521 e. The van der Waals surface area contributed by atoms with Gasteiger partial charge in [0.25, 0.3) is 0 Å². The van der Waals surface area contributed by atoms with Crippen LogP contribution in [0.3, 0.4) is 0 Å². The molecule has 1 N–H and O–H groups in total. The molecule has 1 saturated heterocycles. The highest BCUT2D eigenvalue weighted by Gasteiger charge is 2.38. The predicted octanol–water partition coefficient (Wildman–Crippen LogP) is 2.21. The van der Waals surface area contributed by atoms with Crippen molar-refractivity contribution in [1.29, 1.82) is 0 Å². The number of rotatable bonds is 7. The maximum atomic E-state index is 4.27. The Morgan fingerprint density at radius 1 is 1.40 bits per heavy atom. The Bertz CT molecular complexity index is 408. The zero-order chi connectivity index (χ0) is 14.6. The van der Waals surface area contributed by atoms with Gasteiger partial charge in [-0.05, 0) is 64.7 Å². The van der Waals surface area contributed by atoms with Gasteiger partial charge < -0.3 is 5.32 Å². The van der Waals surface area contributed by atoms with Crippen LogP contribution in [-0.2, 0) is 13.5 Å². The van der Waals surface area contributed by atoms with Crippen LogP contribution in [0, 0.1) is 0 Å². The molecule has 0 bridgehead atoms. The van der Waals surface area contributed by atoms with E-state index in [0.717, 1.165) is 6.42 Å². The summed E-state index contributed by atoms with van der Waals surface area (Å²) in [5, 5.41) is 7.84. The van der Waals surface area contributed by atoms with Crippen molar-refractivity contribution in [3.8, 4) is 0 Å². The maximum absolute atomic E-state index is 4.27. The number of likely N-dealkylation sites (N-methyl/N-ethyl adjacent to an activating group) is 1. The first-order valence-corrected chi connectivity index (χ1v) is 8.00. The Kier molecular flexibility index (Phi) is 5.22. The lowest BCUT2D eigenvalue weighted by Gasteiger charge is -2.44. The van der Waals surface area contributed by atoms with Crippen molar-refractivity contribution in [3.05, 3.63) is 18.0 Å². The molecule has 1 aromatic heterocycles. The van der Waals surface area contributed by atoms with Crippen LogP contribution in [0.1, 0.15) is 45.1 Å². The fraction of sp³-hybridized carbons (Fsp3) is 0.812. The number of nitrogens with one attached hydrogen (secondary N) is 1. The third kappa shape index (κ3) is 3.23. The van der Waals surface area contributed by atoms with E-state index < -0.39 is 0 Å². The van der Waals surface area contributed by atoms with Gasteiger partial charge in [-0.1, -0.05) is 6.92 Å². The van der Waals surface area contributed by atoms with Crippen LogP contribution in [0.4, 0.5) is 0 Å². The Morgan fingerprint density at radius 2 is 2.10 bits per heavy atom. The minimum atomic E-state index is 0.271. The molecule has 0 aromatic carbocycles. The van der Waals surface area contributed by atoms with E-state index in [-0.39, 0.29) is 5.54 Å². The molecule has 2 heterocycles. The van der Waals surface area contributed by atoms with Gasteiger partial charge in [-0.3, -0.25) is 9.58 Å². The number of hydrogen-bond acceptors (Lipinski definition) is 3. The smallest absolute Gasteiger partial charge is 0.0521 e. The topological polar surface area (TPSA) is 33.1 Å². The zero-order valence-corrected chi connectivity index (χ0v) is 13.5. The van der Waals surface area contributed by atoms with E-state index in [9.17, 15) is 0 Å². The first-order chi connectivity index (χ1) is 9.60. The lowest BCUT2D eigenvalue weighted by Crippen LogP contribution is -2.57. The van der Waals surface area contributed by atoms with E-state index in [0.29, 0.717) is 6.04 Å². The molecular formula is C16H30N4. The van der Waals surface area contributed by atoms with Crippen molar-refractivity contribution in [2.24, 2.45) is 7.05 Å². The van der Waals surface area contributed by atoms with Crippen LogP contribution < -0.4 is 5.32 Å². The highest BCUT2D eigenvalue weighted by molar-refractivity contribution is 5.06. The lowest BCUT2D eigenvalue weighted by atomic mass is 9.84. The summed E-state index contributed by atoms with van der Waals surface area (Å²) in [6.45, 7) is 7.28. The minimum Gasteiger partial charge on any atom is -0.315 e. The molecule has 0 aliphatic carbocycles. The summed E-state index contributed by atoms with van der Waals surface area (Å²) in [5.74, 6) is 0. The third-order valence-electron chi connectivity index (χ3n) is 5.12. The standard InChI is InChI=1S/C16H30N4/c1-5-16(2,20-10-6-7-11-20)15(17-3)9-8-14-12-18-19(4)13-14/h12-13,15,17H,5-11H2,1-4H3. The molecule has 20 heavy (non-hydrogen) atoms. The second kappa shape index (κ2) is 6.72. The third-order valence-corrected chi connectivity index (χ3v) is 5.12. The molecule has 4 nitrogen and oxygen atoms in total. The van der Waals surface area contributed by atoms with Gasteiger partial charge in [-0.2, -0.15) is 5.10 Å². The summed E-state index contributed by atoms with van der Waals surface area (Å²) in [4.78, 5) is 2.69. The van der Waals surface area contributed by atoms with E-state index in [1.807, 2.05) is 17.9 Å². The molecule has 2 unspecified atom stereocenters. The fourth-order valence-corrected chi connectivity index (χ4v) is 3.60. The van der Waals surface area contributed by atoms with Gasteiger partial charge in [0, 0.05) is 24.8 Å². The van der Waals surface area contributed by atoms with Crippen LogP contribution in [0.25, 0.3) is 0 Å². The molecule has 2 rings (SSSR count). The van der Waals surface area contributed by atoms with Gasteiger partial charge in [0.15, 0.2) is 0 Å². The number of aryl methyl sites for hydroxylation is 2. The highest BCUT2D eigenvalue weighted by Crippen LogP contribution is 2.29.